The highest BCUT2D eigenvalue weighted by atomic mass is 15.3. The molecule has 1 saturated carbocycles. The quantitative estimate of drug-likeness (QED) is 0.527. The summed E-state index contributed by atoms with van der Waals surface area (Å²) < 4.78 is 0. The summed E-state index contributed by atoms with van der Waals surface area (Å²) in [4.78, 5) is 10.5. The summed E-state index contributed by atoms with van der Waals surface area (Å²) in [7, 11) is 0. The van der Waals surface area contributed by atoms with Crippen LogP contribution < -0.4 is 0 Å². The number of hydrogen-bond donors (Lipinski definition) is 0. The Morgan fingerprint density at radius 3 is 3.00 bits per heavy atom. The summed E-state index contributed by atoms with van der Waals surface area (Å²) >= 11 is 0. The van der Waals surface area contributed by atoms with E-state index in [-0.39, 0.29) is 0 Å². The lowest BCUT2D eigenvalue weighted by Gasteiger charge is -2.23. The largest absolute Gasteiger partial charge is 0.338 e. The van der Waals surface area contributed by atoms with E-state index >= 15 is 0 Å². The number of rotatable bonds is 1. The molecule has 0 N–H and O–H groups in total. The van der Waals surface area contributed by atoms with Gasteiger partial charge in [0.25, 0.3) is 0 Å². The molecule has 0 aromatic heterocycles. The normalized spacial score (nSPS) is 24.9. The van der Waals surface area contributed by atoms with Crippen LogP contribution in [-0.4, -0.2) is 29.8 Å². The van der Waals surface area contributed by atoms with E-state index in [2.05, 4.69) is 14.9 Å². The summed E-state index contributed by atoms with van der Waals surface area (Å²) in [6.07, 6.45) is 4.29. The van der Waals surface area contributed by atoms with Crippen molar-refractivity contribution in [3.8, 4) is 0 Å². The van der Waals surface area contributed by atoms with Gasteiger partial charge >= 0.3 is 0 Å². The Kier molecular flexibility index (Phi) is 1.22. The minimum absolute atomic E-state index is 0.751. The summed E-state index contributed by atoms with van der Waals surface area (Å²) in [6.45, 7) is 2.86. The van der Waals surface area contributed by atoms with E-state index in [1.165, 1.54) is 12.8 Å². The highest BCUT2D eigenvalue weighted by molar-refractivity contribution is 5.88. The van der Waals surface area contributed by atoms with Gasteiger partial charge in [-0.2, -0.15) is 0 Å². The van der Waals surface area contributed by atoms with Gasteiger partial charge in [-0.25, -0.2) is 4.99 Å². The van der Waals surface area contributed by atoms with Crippen LogP contribution in [0.25, 0.3) is 0 Å². The highest BCUT2D eigenvalue weighted by Gasteiger charge is 2.29. The lowest BCUT2D eigenvalue weighted by atomic mass is 10.5. The molecule has 10 heavy (non-hydrogen) atoms. The third-order valence-corrected chi connectivity index (χ3v) is 1.96. The molecular weight excluding hydrogens is 126 g/mol. The molecule has 3 heteroatoms. The molecule has 0 spiro atoms. The molecular formula is C7H11N3. The van der Waals surface area contributed by atoms with Crippen molar-refractivity contribution in [1.29, 1.82) is 0 Å². The van der Waals surface area contributed by atoms with Gasteiger partial charge in [0.05, 0.1) is 0 Å². The Bertz CT molecular complexity index is 191. The minimum atomic E-state index is 0.751. The second-order valence-corrected chi connectivity index (χ2v) is 2.82. The molecule has 0 aromatic carbocycles. The third kappa shape index (κ3) is 0.916. The average Bonchev–Trinajstić information content (AvgIpc) is 2.71. The van der Waals surface area contributed by atoms with Crippen molar-refractivity contribution in [1.82, 2.24) is 4.90 Å². The molecule has 1 aliphatic carbocycles. The predicted molar refractivity (Wildman–Crippen MR) is 41.3 cm³/mol. The number of aliphatic imine (C=N–C) groups is 2. The van der Waals surface area contributed by atoms with Crippen LogP contribution in [0.3, 0.4) is 0 Å². The van der Waals surface area contributed by atoms with Crippen molar-refractivity contribution in [2.75, 3.05) is 6.67 Å². The maximum atomic E-state index is 4.12. The Morgan fingerprint density at radius 2 is 2.40 bits per heavy atom. The van der Waals surface area contributed by atoms with Crippen LogP contribution in [0.1, 0.15) is 19.8 Å². The lowest BCUT2D eigenvalue weighted by Crippen LogP contribution is -2.33. The molecule has 54 valence electrons. The van der Waals surface area contributed by atoms with Crippen molar-refractivity contribution in [2.45, 2.75) is 25.8 Å². The first-order valence-corrected chi connectivity index (χ1v) is 3.67. The van der Waals surface area contributed by atoms with Gasteiger partial charge < -0.3 is 4.90 Å². The van der Waals surface area contributed by atoms with Crippen molar-refractivity contribution in [2.24, 2.45) is 9.98 Å². The molecule has 0 atom stereocenters. The fourth-order valence-corrected chi connectivity index (χ4v) is 1.19. The fraction of sp³-hybridized carbons (Fsp3) is 0.714. The molecule has 1 fully saturated rings. The second-order valence-electron chi connectivity index (χ2n) is 2.82. The maximum absolute atomic E-state index is 4.12. The molecule has 1 aliphatic heterocycles. The molecule has 2 aliphatic rings. The standard InChI is InChI=1S/C7H11N3/c1-6-9-4-8-5-10(6)7-2-3-7/h4,7H,2-3,5H2,1H3. The number of amidine groups is 1. The minimum Gasteiger partial charge on any atom is -0.338 e. The molecule has 0 radical (unpaired) electrons. The van der Waals surface area contributed by atoms with Crippen molar-refractivity contribution in [3.63, 3.8) is 0 Å². The lowest BCUT2D eigenvalue weighted by molar-refractivity contribution is 0.417. The zero-order valence-electron chi connectivity index (χ0n) is 6.12. The summed E-state index contributed by atoms with van der Waals surface area (Å²) in [5.74, 6) is 1.12. The van der Waals surface area contributed by atoms with E-state index < -0.39 is 0 Å². The van der Waals surface area contributed by atoms with E-state index in [0.717, 1.165) is 18.5 Å². The highest BCUT2D eigenvalue weighted by Crippen LogP contribution is 2.27. The molecule has 0 unspecified atom stereocenters. The molecule has 1 heterocycles. The SMILES string of the molecule is CC1=NC=NCN1C1CC1. The Labute approximate surface area is 60.5 Å². The first kappa shape index (κ1) is 5.89. The van der Waals surface area contributed by atoms with Gasteiger partial charge in [-0.1, -0.05) is 0 Å². The van der Waals surface area contributed by atoms with Crippen LogP contribution in [0.5, 0.6) is 0 Å². The van der Waals surface area contributed by atoms with Crippen LogP contribution in [0, 0.1) is 0 Å². The van der Waals surface area contributed by atoms with Gasteiger partial charge in [0.15, 0.2) is 0 Å². The topological polar surface area (TPSA) is 28.0 Å². The molecule has 0 aromatic rings. The Morgan fingerprint density at radius 1 is 1.60 bits per heavy atom. The molecule has 0 saturated heterocycles. The van der Waals surface area contributed by atoms with Gasteiger partial charge in [0.2, 0.25) is 0 Å². The smallest absolute Gasteiger partial charge is 0.114 e. The average molecular weight is 137 g/mol. The van der Waals surface area contributed by atoms with Gasteiger partial charge in [0.1, 0.15) is 18.8 Å². The van der Waals surface area contributed by atoms with E-state index in [9.17, 15) is 0 Å². The van der Waals surface area contributed by atoms with E-state index in [4.69, 9.17) is 0 Å². The van der Waals surface area contributed by atoms with E-state index in [1.54, 1.807) is 6.34 Å². The zero-order chi connectivity index (χ0) is 6.97. The maximum Gasteiger partial charge on any atom is 0.114 e. The van der Waals surface area contributed by atoms with Crippen LogP contribution in [-0.2, 0) is 0 Å². The van der Waals surface area contributed by atoms with Gasteiger partial charge in [-0.3, -0.25) is 4.99 Å². The summed E-state index contributed by atoms with van der Waals surface area (Å²) in [6, 6.07) is 0.751. The zero-order valence-corrected chi connectivity index (χ0v) is 6.12. The van der Waals surface area contributed by atoms with Crippen molar-refractivity contribution >= 4 is 12.2 Å². The molecule has 3 nitrogen and oxygen atoms in total. The van der Waals surface area contributed by atoms with Crippen LogP contribution >= 0.6 is 0 Å². The number of hydrogen-bond acceptors (Lipinski definition) is 3. The Balaban J connectivity index is 2.08. The van der Waals surface area contributed by atoms with Crippen molar-refractivity contribution in [3.05, 3.63) is 0 Å². The van der Waals surface area contributed by atoms with Gasteiger partial charge in [0, 0.05) is 6.04 Å². The fourth-order valence-electron chi connectivity index (χ4n) is 1.19. The molecule has 2 rings (SSSR count). The van der Waals surface area contributed by atoms with Crippen LogP contribution in [0.15, 0.2) is 9.98 Å². The van der Waals surface area contributed by atoms with Crippen molar-refractivity contribution < 1.29 is 0 Å². The van der Waals surface area contributed by atoms with Gasteiger partial charge in [-0.15, -0.1) is 0 Å². The summed E-state index contributed by atoms with van der Waals surface area (Å²) in [5.41, 5.74) is 0. The van der Waals surface area contributed by atoms with E-state index in [1.807, 2.05) is 6.92 Å². The first-order valence-electron chi connectivity index (χ1n) is 3.67. The molecule has 0 bridgehead atoms. The van der Waals surface area contributed by atoms with Crippen LogP contribution in [0.4, 0.5) is 0 Å². The number of nitrogens with zero attached hydrogens (tertiary/aromatic N) is 3. The molecule has 0 amide bonds. The summed E-state index contributed by atoms with van der Waals surface area (Å²) in [5, 5.41) is 0. The predicted octanol–water partition coefficient (Wildman–Crippen LogP) is 0.869. The second kappa shape index (κ2) is 2.08. The third-order valence-electron chi connectivity index (χ3n) is 1.96. The van der Waals surface area contributed by atoms with Crippen LogP contribution in [0.2, 0.25) is 0 Å². The Hall–Kier alpha value is -0.860. The first-order chi connectivity index (χ1) is 4.88. The monoisotopic (exact) mass is 137 g/mol. The van der Waals surface area contributed by atoms with E-state index in [0.29, 0.717) is 0 Å². The van der Waals surface area contributed by atoms with Gasteiger partial charge in [-0.05, 0) is 19.8 Å².